The number of esters is 1. The van der Waals surface area contributed by atoms with Crippen LogP contribution < -0.4 is 4.80 Å². The number of halogens is 1. The van der Waals surface area contributed by atoms with Gasteiger partial charge >= 0.3 is 5.97 Å². The van der Waals surface area contributed by atoms with Gasteiger partial charge in [0.2, 0.25) is 0 Å². The highest BCUT2D eigenvalue weighted by Gasteiger charge is 2.19. The Labute approximate surface area is 161 Å². The van der Waals surface area contributed by atoms with Crippen LogP contribution >= 0.6 is 22.9 Å². The predicted molar refractivity (Wildman–Crippen MR) is 99.8 cm³/mol. The molecule has 1 heterocycles. The first kappa shape index (κ1) is 18.7. The molecule has 0 spiro atoms. The zero-order chi connectivity index (χ0) is 19.6. The van der Waals surface area contributed by atoms with Crippen molar-refractivity contribution in [2.75, 3.05) is 7.11 Å². The third-order valence-corrected chi connectivity index (χ3v) is 4.96. The van der Waals surface area contributed by atoms with Gasteiger partial charge in [-0.1, -0.05) is 35.1 Å². The van der Waals surface area contributed by atoms with Gasteiger partial charge in [-0.05, 0) is 24.3 Å². The van der Waals surface area contributed by atoms with Gasteiger partial charge < -0.3 is 9.30 Å². The smallest absolute Gasteiger partial charge is 0.325 e. The van der Waals surface area contributed by atoms with Gasteiger partial charge in [0.05, 0.1) is 22.2 Å². The van der Waals surface area contributed by atoms with Gasteiger partial charge in [-0.2, -0.15) is 4.99 Å². The minimum absolute atomic E-state index is 0.136. The van der Waals surface area contributed by atoms with Crippen LogP contribution in [0.25, 0.3) is 10.2 Å². The number of hydrogen-bond acceptors (Lipinski definition) is 6. The number of benzene rings is 2. The highest BCUT2D eigenvalue weighted by molar-refractivity contribution is 7.16. The molecule has 0 aliphatic carbocycles. The van der Waals surface area contributed by atoms with Gasteiger partial charge in [0, 0.05) is 11.1 Å². The Morgan fingerprint density at radius 2 is 2.04 bits per heavy atom. The largest absolute Gasteiger partial charge is 0.468 e. The van der Waals surface area contributed by atoms with Gasteiger partial charge in [0.1, 0.15) is 12.1 Å². The summed E-state index contributed by atoms with van der Waals surface area (Å²) in [5.41, 5.74) is 0.168. The lowest BCUT2D eigenvalue weighted by Gasteiger charge is -2.03. The number of carbonyl (C=O) groups excluding carboxylic acids is 2. The number of ether oxygens (including phenoxy) is 1. The fourth-order valence-corrected chi connectivity index (χ4v) is 3.74. The van der Waals surface area contributed by atoms with Gasteiger partial charge in [0.15, 0.2) is 4.80 Å². The molecule has 8 nitrogen and oxygen atoms in total. The van der Waals surface area contributed by atoms with Crippen molar-refractivity contribution in [3.05, 3.63) is 68.0 Å². The molecule has 1 amide bonds. The molecule has 3 aromatic rings. The normalized spacial score (nSPS) is 11.6. The second-order valence-corrected chi connectivity index (χ2v) is 6.80. The van der Waals surface area contributed by atoms with Gasteiger partial charge in [-0.15, -0.1) is 0 Å². The lowest BCUT2D eigenvalue weighted by molar-refractivity contribution is -0.385. The van der Waals surface area contributed by atoms with Gasteiger partial charge in [-0.3, -0.25) is 19.7 Å². The Morgan fingerprint density at radius 3 is 2.74 bits per heavy atom. The molecular formula is C17H12ClN3O5S. The molecule has 1 aromatic heterocycles. The molecule has 0 radical (unpaired) electrons. The molecule has 138 valence electrons. The zero-order valence-electron chi connectivity index (χ0n) is 13.9. The van der Waals surface area contributed by atoms with E-state index in [1.165, 1.54) is 35.9 Å². The van der Waals surface area contributed by atoms with Crippen LogP contribution in [-0.2, 0) is 16.1 Å². The molecule has 0 unspecified atom stereocenters. The average molecular weight is 406 g/mol. The van der Waals surface area contributed by atoms with Crippen molar-refractivity contribution in [1.82, 2.24) is 4.57 Å². The minimum atomic E-state index is -0.779. The first-order valence-corrected chi connectivity index (χ1v) is 8.78. The highest BCUT2D eigenvalue weighted by Crippen LogP contribution is 2.23. The van der Waals surface area contributed by atoms with E-state index in [9.17, 15) is 19.7 Å². The van der Waals surface area contributed by atoms with Crippen molar-refractivity contribution in [2.45, 2.75) is 6.54 Å². The molecular weight excluding hydrogens is 394 g/mol. The molecule has 10 heteroatoms. The summed E-state index contributed by atoms with van der Waals surface area (Å²) < 4.78 is 6.91. The monoisotopic (exact) mass is 405 g/mol. The third kappa shape index (κ3) is 3.88. The summed E-state index contributed by atoms with van der Waals surface area (Å²) >= 11 is 7.14. The van der Waals surface area contributed by atoms with Crippen LogP contribution in [0.4, 0.5) is 5.69 Å². The molecule has 0 saturated heterocycles. The SMILES string of the molecule is COC(=O)Cn1c(=NC(=O)c2ccccc2[N+](=O)[O-])sc2cc(Cl)ccc21. The fourth-order valence-electron chi connectivity index (χ4n) is 2.44. The van der Waals surface area contributed by atoms with E-state index in [-0.39, 0.29) is 22.6 Å². The number of nitro groups is 1. The Kier molecular flexibility index (Phi) is 5.33. The topological polar surface area (TPSA) is 104 Å². The lowest BCUT2D eigenvalue weighted by atomic mass is 10.2. The van der Waals surface area contributed by atoms with E-state index in [1.54, 1.807) is 18.2 Å². The fraction of sp³-hybridized carbons (Fsp3) is 0.118. The number of methoxy groups -OCH3 is 1. The maximum Gasteiger partial charge on any atom is 0.325 e. The Hall–Kier alpha value is -3.04. The van der Waals surface area contributed by atoms with Crippen molar-refractivity contribution in [3.63, 3.8) is 0 Å². The molecule has 0 aliphatic heterocycles. The third-order valence-electron chi connectivity index (χ3n) is 3.69. The molecule has 2 aromatic carbocycles. The lowest BCUT2D eigenvalue weighted by Crippen LogP contribution is -2.22. The first-order valence-electron chi connectivity index (χ1n) is 7.59. The summed E-state index contributed by atoms with van der Waals surface area (Å²) in [6, 6.07) is 10.6. The van der Waals surface area contributed by atoms with Crippen LogP contribution in [0.3, 0.4) is 0 Å². The van der Waals surface area contributed by atoms with E-state index in [0.717, 1.165) is 11.3 Å². The number of nitro benzene ring substituents is 1. The number of aromatic nitrogens is 1. The highest BCUT2D eigenvalue weighted by atomic mass is 35.5. The van der Waals surface area contributed by atoms with E-state index in [2.05, 4.69) is 4.99 Å². The Balaban J connectivity index is 2.18. The number of amides is 1. The summed E-state index contributed by atoms with van der Waals surface area (Å²) in [7, 11) is 1.25. The minimum Gasteiger partial charge on any atom is -0.468 e. The van der Waals surface area contributed by atoms with E-state index >= 15 is 0 Å². The van der Waals surface area contributed by atoms with Crippen molar-refractivity contribution >= 4 is 50.7 Å². The van der Waals surface area contributed by atoms with Crippen LogP contribution in [0.5, 0.6) is 0 Å². The van der Waals surface area contributed by atoms with Crippen LogP contribution in [0, 0.1) is 10.1 Å². The van der Waals surface area contributed by atoms with Crippen molar-refractivity contribution in [2.24, 2.45) is 4.99 Å². The Morgan fingerprint density at radius 1 is 1.30 bits per heavy atom. The summed E-state index contributed by atoms with van der Waals surface area (Å²) in [6.45, 7) is -0.166. The summed E-state index contributed by atoms with van der Waals surface area (Å²) in [4.78, 5) is 39.1. The average Bonchev–Trinajstić information content (AvgIpc) is 2.97. The standard InChI is InChI=1S/C17H12ClN3O5S/c1-26-15(22)9-20-13-7-6-10(18)8-14(13)27-17(20)19-16(23)11-4-2-3-5-12(11)21(24)25/h2-8H,9H2,1H3. The van der Waals surface area contributed by atoms with Crippen LogP contribution in [0.15, 0.2) is 47.5 Å². The van der Waals surface area contributed by atoms with E-state index in [1.807, 2.05) is 0 Å². The van der Waals surface area contributed by atoms with Gasteiger partial charge in [-0.25, -0.2) is 0 Å². The molecule has 0 saturated carbocycles. The number of rotatable bonds is 4. The second kappa shape index (κ2) is 7.68. The number of para-hydroxylation sites is 1. The van der Waals surface area contributed by atoms with Crippen LogP contribution in [-0.4, -0.2) is 28.5 Å². The second-order valence-electron chi connectivity index (χ2n) is 5.35. The molecule has 0 fully saturated rings. The van der Waals surface area contributed by atoms with Crippen LogP contribution in [0.1, 0.15) is 10.4 Å². The summed E-state index contributed by atoms with van der Waals surface area (Å²) in [5.74, 6) is -1.30. The van der Waals surface area contributed by atoms with Crippen molar-refractivity contribution in [3.8, 4) is 0 Å². The number of carbonyl (C=O) groups is 2. The van der Waals surface area contributed by atoms with E-state index < -0.39 is 16.8 Å². The van der Waals surface area contributed by atoms with Gasteiger partial charge in [0.25, 0.3) is 11.6 Å². The zero-order valence-corrected chi connectivity index (χ0v) is 15.5. The van der Waals surface area contributed by atoms with Crippen molar-refractivity contribution < 1.29 is 19.2 Å². The summed E-state index contributed by atoms with van der Waals surface area (Å²) in [5, 5.41) is 11.6. The number of thiazole rings is 1. The van der Waals surface area contributed by atoms with E-state index in [4.69, 9.17) is 16.3 Å². The quantitative estimate of drug-likeness (QED) is 0.376. The number of fused-ring (bicyclic) bond motifs is 1. The molecule has 0 bridgehead atoms. The molecule has 0 N–H and O–H groups in total. The van der Waals surface area contributed by atoms with Crippen molar-refractivity contribution in [1.29, 1.82) is 0 Å². The predicted octanol–water partition coefficient (Wildman–Crippen LogP) is 3.18. The molecule has 0 atom stereocenters. The molecule has 27 heavy (non-hydrogen) atoms. The maximum absolute atomic E-state index is 12.6. The molecule has 0 aliphatic rings. The number of nitrogens with zero attached hydrogens (tertiary/aromatic N) is 3. The van der Waals surface area contributed by atoms with Crippen LogP contribution in [0.2, 0.25) is 5.02 Å². The summed E-state index contributed by atoms with van der Waals surface area (Å²) in [6.07, 6.45) is 0. The Bertz CT molecular complexity index is 1140. The molecule has 3 rings (SSSR count). The number of hydrogen-bond donors (Lipinski definition) is 0. The van der Waals surface area contributed by atoms with E-state index in [0.29, 0.717) is 15.2 Å². The maximum atomic E-state index is 12.6. The first-order chi connectivity index (χ1) is 12.9.